The molecule has 84 valence electrons. The average Bonchev–Trinajstić information content (AvgIpc) is 2.10. The molecule has 3 heteroatoms. The molecule has 1 rings (SSSR count). The van der Waals surface area contributed by atoms with Gasteiger partial charge in [-0.05, 0) is 39.3 Å². The van der Waals surface area contributed by atoms with E-state index in [2.05, 4.69) is 5.32 Å². The average molecular weight is 213 g/mol. The fourth-order valence-electron chi connectivity index (χ4n) is 1.23. The van der Waals surface area contributed by atoms with Gasteiger partial charge in [0, 0.05) is 17.6 Å². The third kappa shape index (κ3) is 3.27. The second-order valence-corrected chi connectivity index (χ2v) is 4.76. The predicted octanol–water partition coefficient (Wildman–Crippen LogP) is 3.16. The van der Waals surface area contributed by atoms with Gasteiger partial charge in [-0.25, -0.2) is 8.78 Å². The molecule has 0 aliphatic carbocycles. The van der Waals surface area contributed by atoms with E-state index in [0.29, 0.717) is 5.56 Å². The van der Waals surface area contributed by atoms with Gasteiger partial charge in [0.2, 0.25) is 0 Å². The summed E-state index contributed by atoms with van der Waals surface area (Å²) < 4.78 is 26.9. The van der Waals surface area contributed by atoms with Gasteiger partial charge in [0.05, 0.1) is 0 Å². The predicted molar refractivity (Wildman–Crippen MR) is 57.7 cm³/mol. The van der Waals surface area contributed by atoms with Gasteiger partial charge in [-0.1, -0.05) is 6.07 Å². The van der Waals surface area contributed by atoms with Crippen LogP contribution in [0.2, 0.25) is 0 Å². The Morgan fingerprint density at radius 1 is 1.20 bits per heavy atom. The van der Waals surface area contributed by atoms with Crippen LogP contribution in [0, 0.1) is 18.6 Å². The first-order chi connectivity index (χ1) is 6.81. The minimum absolute atomic E-state index is 0.116. The van der Waals surface area contributed by atoms with Gasteiger partial charge in [-0.2, -0.15) is 0 Å². The third-order valence-corrected chi connectivity index (χ3v) is 2.17. The first kappa shape index (κ1) is 12.1. The van der Waals surface area contributed by atoms with Crippen molar-refractivity contribution in [2.45, 2.75) is 39.8 Å². The van der Waals surface area contributed by atoms with Crippen molar-refractivity contribution in [1.29, 1.82) is 0 Å². The summed E-state index contributed by atoms with van der Waals surface area (Å²) in [6.07, 6.45) is 0. The van der Waals surface area contributed by atoms with Gasteiger partial charge in [0.25, 0.3) is 0 Å². The second-order valence-electron chi connectivity index (χ2n) is 4.76. The standard InChI is InChI=1S/C12H17F2N/c1-8-5-6-10(13)9(11(8)14)7-15-12(2,3)4/h5-6,15H,7H2,1-4H3. The summed E-state index contributed by atoms with van der Waals surface area (Å²) >= 11 is 0. The highest BCUT2D eigenvalue weighted by molar-refractivity contribution is 5.26. The zero-order chi connectivity index (χ0) is 11.6. The van der Waals surface area contributed by atoms with E-state index in [4.69, 9.17) is 0 Å². The number of benzene rings is 1. The summed E-state index contributed by atoms with van der Waals surface area (Å²) in [6.45, 7) is 7.72. The lowest BCUT2D eigenvalue weighted by Crippen LogP contribution is -2.35. The number of aryl methyl sites for hydroxylation is 1. The maximum Gasteiger partial charge on any atom is 0.133 e. The van der Waals surface area contributed by atoms with Crippen LogP contribution in [-0.2, 0) is 6.54 Å². The Morgan fingerprint density at radius 2 is 1.80 bits per heavy atom. The Kier molecular flexibility index (Phi) is 3.45. The summed E-state index contributed by atoms with van der Waals surface area (Å²) in [4.78, 5) is 0. The summed E-state index contributed by atoms with van der Waals surface area (Å²) in [5.74, 6) is -0.943. The first-order valence-corrected chi connectivity index (χ1v) is 5.00. The number of hydrogen-bond acceptors (Lipinski definition) is 1. The molecule has 1 aromatic rings. The van der Waals surface area contributed by atoms with Crippen LogP contribution in [0.4, 0.5) is 8.78 Å². The zero-order valence-electron chi connectivity index (χ0n) is 9.62. The Labute approximate surface area is 89.5 Å². The molecule has 0 fully saturated rings. The maximum absolute atomic E-state index is 13.6. The van der Waals surface area contributed by atoms with Crippen LogP contribution in [0.1, 0.15) is 31.9 Å². The van der Waals surface area contributed by atoms with E-state index in [-0.39, 0.29) is 17.6 Å². The molecule has 1 aromatic carbocycles. The van der Waals surface area contributed by atoms with Gasteiger partial charge in [-0.3, -0.25) is 0 Å². The molecule has 0 atom stereocenters. The van der Waals surface area contributed by atoms with Gasteiger partial charge < -0.3 is 5.32 Å². The summed E-state index contributed by atoms with van der Waals surface area (Å²) in [6, 6.07) is 2.75. The number of rotatable bonds is 2. The summed E-state index contributed by atoms with van der Waals surface area (Å²) in [5, 5.41) is 3.07. The van der Waals surface area contributed by atoms with Crippen LogP contribution in [0.5, 0.6) is 0 Å². The minimum Gasteiger partial charge on any atom is -0.308 e. The molecule has 0 aromatic heterocycles. The molecule has 0 unspecified atom stereocenters. The molecule has 0 saturated carbocycles. The molecule has 0 amide bonds. The minimum atomic E-state index is -0.491. The van der Waals surface area contributed by atoms with E-state index >= 15 is 0 Å². The van der Waals surface area contributed by atoms with Crippen LogP contribution in [-0.4, -0.2) is 5.54 Å². The maximum atomic E-state index is 13.6. The Bertz CT molecular complexity index is 353. The van der Waals surface area contributed by atoms with Crippen LogP contribution < -0.4 is 5.32 Å². The molecular formula is C12H17F2N. The van der Waals surface area contributed by atoms with Crippen molar-refractivity contribution in [2.24, 2.45) is 0 Å². The highest BCUT2D eigenvalue weighted by atomic mass is 19.1. The second kappa shape index (κ2) is 4.27. The van der Waals surface area contributed by atoms with E-state index in [0.717, 1.165) is 0 Å². The van der Waals surface area contributed by atoms with Gasteiger partial charge in [-0.15, -0.1) is 0 Å². The Balaban J connectivity index is 2.90. The van der Waals surface area contributed by atoms with Crippen LogP contribution >= 0.6 is 0 Å². The molecule has 0 bridgehead atoms. The van der Waals surface area contributed by atoms with E-state index in [9.17, 15) is 8.78 Å². The third-order valence-electron chi connectivity index (χ3n) is 2.17. The smallest absolute Gasteiger partial charge is 0.133 e. The monoisotopic (exact) mass is 213 g/mol. The first-order valence-electron chi connectivity index (χ1n) is 5.00. The lowest BCUT2D eigenvalue weighted by atomic mass is 10.1. The highest BCUT2D eigenvalue weighted by Crippen LogP contribution is 2.16. The molecule has 0 aliphatic heterocycles. The summed E-state index contributed by atoms with van der Waals surface area (Å²) in [5.41, 5.74) is 0.440. The van der Waals surface area contributed by atoms with E-state index < -0.39 is 11.6 Å². The molecule has 0 radical (unpaired) electrons. The van der Waals surface area contributed by atoms with Crippen molar-refractivity contribution < 1.29 is 8.78 Å². The van der Waals surface area contributed by atoms with E-state index in [1.807, 2.05) is 20.8 Å². The number of nitrogens with one attached hydrogen (secondary N) is 1. The largest absolute Gasteiger partial charge is 0.308 e. The Hall–Kier alpha value is -0.960. The van der Waals surface area contributed by atoms with Crippen LogP contribution in [0.25, 0.3) is 0 Å². The molecule has 0 saturated heterocycles. The van der Waals surface area contributed by atoms with Gasteiger partial charge in [0.15, 0.2) is 0 Å². The van der Waals surface area contributed by atoms with Crippen molar-refractivity contribution in [3.05, 3.63) is 34.9 Å². The van der Waals surface area contributed by atoms with Crippen molar-refractivity contribution in [3.63, 3.8) is 0 Å². The highest BCUT2D eigenvalue weighted by Gasteiger charge is 2.14. The van der Waals surface area contributed by atoms with Crippen LogP contribution in [0.15, 0.2) is 12.1 Å². The van der Waals surface area contributed by atoms with Crippen molar-refractivity contribution in [1.82, 2.24) is 5.32 Å². The molecule has 1 N–H and O–H groups in total. The van der Waals surface area contributed by atoms with Gasteiger partial charge in [0.1, 0.15) is 11.6 Å². The van der Waals surface area contributed by atoms with Crippen molar-refractivity contribution in [3.8, 4) is 0 Å². The van der Waals surface area contributed by atoms with E-state index in [1.54, 1.807) is 6.92 Å². The molecule has 0 aliphatic rings. The fraction of sp³-hybridized carbons (Fsp3) is 0.500. The lowest BCUT2D eigenvalue weighted by molar-refractivity contribution is 0.410. The van der Waals surface area contributed by atoms with E-state index in [1.165, 1.54) is 12.1 Å². The number of hydrogen-bond donors (Lipinski definition) is 1. The molecule has 0 spiro atoms. The normalized spacial score (nSPS) is 11.9. The van der Waals surface area contributed by atoms with Crippen molar-refractivity contribution >= 4 is 0 Å². The SMILES string of the molecule is Cc1ccc(F)c(CNC(C)(C)C)c1F. The van der Waals surface area contributed by atoms with Gasteiger partial charge >= 0.3 is 0 Å². The number of halogens is 2. The molecular weight excluding hydrogens is 196 g/mol. The zero-order valence-corrected chi connectivity index (χ0v) is 9.62. The Morgan fingerprint density at radius 3 is 2.33 bits per heavy atom. The van der Waals surface area contributed by atoms with Crippen LogP contribution in [0.3, 0.4) is 0 Å². The quantitative estimate of drug-likeness (QED) is 0.795. The molecule has 0 heterocycles. The molecule has 15 heavy (non-hydrogen) atoms. The molecule has 1 nitrogen and oxygen atoms in total. The topological polar surface area (TPSA) is 12.0 Å². The lowest BCUT2D eigenvalue weighted by Gasteiger charge is -2.21. The summed E-state index contributed by atoms with van der Waals surface area (Å²) in [7, 11) is 0. The fourth-order valence-corrected chi connectivity index (χ4v) is 1.23. The van der Waals surface area contributed by atoms with Crippen molar-refractivity contribution in [2.75, 3.05) is 0 Å².